The van der Waals surface area contributed by atoms with Gasteiger partial charge < -0.3 is 15.3 Å². The summed E-state index contributed by atoms with van der Waals surface area (Å²) in [5, 5.41) is 10.6. The van der Waals surface area contributed by atoms with Crippen LogP contribution in [0.4, 0.5) is 11.4 Å². The summed E-state index contributed by atoms with van der Waals surface area (Å²) < 4.78 is 101. The van der Waals surface area contributed by atoms with Crippen LogP contribution in [-0.2, 0) is 50.8 Å². The number of aryl methyl sites for hydroxylation is 1. The molecule has 330 valence electrons. The number of carbonyl (C=O) groups excluding carboxylic acids is 1. The number of carboxylic acids is 1. The fraction of sp³-hybridized carbons (Fsp3) is 0.500. The van der Waals surface area contributed by atoms with Gasteiger partial charge in [-0.05, 0) is 96.2 Å². The predicted molar refractivity (Wildman–Crippen MR) is 231 cm³/mol. The van der Waals surface area contributed by atoms with Crippen molar-refractivity contribution in [2.45, 2.75) is 113 Å². The topological polar surface area (TPSA) is 236 Å². The third-order valence-corrected chi connectivity index (χ3v) is 14.1. The first kappa shape index (κ1) is 48.5. The number of rotatable bonds is 22. The minimum absolute atomic E-state index is 0.0101. The molecule has 2 unspecified atom stereocenters. The van der Waals surface area contributed by atoms with Crippen LogP contribution >= 0.6 is 0 Å². The Bertz CT molecular complexity index is 2400. The zero-order valence-corrected chi connectivity index (χ0v) is 37.2. The van der Waals surface area contributed by atoms with Crippen LogP contribution in [0, 0.1) is 6.92 Å². The number of amides is 1. The van der Waals surface area contributed by atoms with E-state index >= 15 is 0 Å². The van der Waals surface area contributed by atoms with Crippen LogP contribution in [0.5, 0.6) is 0 Å². The van der Waals surface area contributed by atoms with Crippen LogP contribution in [0.3, 0.4) is 0 Å². The van der Waals surface area contributed by atoms with E-state index in [1.807, 2.05) is 55.2 Å². The van der Waals surface area contributed by atoms with Crippen molar-refractivity contribution < 1.29 is 58.2 Å². The smallest absolute Gasteiger partial charge is 0.303 e. The third kappa shape index (κ3) is 12.4. The third-order valence-electron chi connectivity index (χ3n) is 11.3. The van der Waals surface area contributed by atoms with Crippen LogP contribution < -0.4 is 10.2 Å². The maximum absolute atomic E-state index is 12.4. The number of aliphatic carboxylic acids is 1. The Morgan fingerprint density at radius 1 is 0.850 bits per heavy atom. The Balaban J connectivity index is 1.65. The van der Waals surface area contributed by atoms with Crippen LogP contribution in [-0.4, -0.2) is 96.8 Å². The lowest BCUT2D eigenvalue weighted by atomic mass is 9.77. The fourth-order valence-corrected chi connectivity index (χ4v) is 9.22. The highest BCUT2D eigenvalue weighted by Crippen LogP contribution is 2.51. The summed E-state index contributed by atoms with van der Waals surface area (Å²) in [6.45, 7) is 10.2. The van der Waals surface area contributed by atoms with Crippen molar-refractivity contribution in [3.05, 3.63) is 89.2 Å². The van der Waals surface area contributed by atoms with Gasteiger partial charge >= 0.3 is 5.97 Å². The molecule has 4 rings (SSSR count). The van der Waals surface area contributed by atoms with Crippen molar-refractivity contribution in [2.75, 3.05) is 30.3 Å². The number of benzene rings is 2. The van der Waals surface area contributed by atoms with Gasteiger partial charge in [0.25, 0.3) is 30.4 Å². The highest BCUT2D eigenvalue weighted by atomic mass is 32.2. The number of anilines is 1. The van der Waals surface area contributed by atoms with E-state index < -0.39 is 52.7 Å². The first-order valence-corrected chi connectivity index (χ1v) is 24.5. The van der Waals surface area contributed by atoms with E-state index in [4.69, 9.17) is 5.11 Å². The second-order valence-electron chi connectivity index (χ2n) is 16.3. The minimum Gasteiger partial charge on any atom is -0.481 e. The number of unbranched alkanes of at least 4 members (excludes halogenated alkanes) is 3. The lowest BCUT2D eigenvalue weighted by Gasteiger charge is -2.30. The van der Waals surface area contributed by atoms with Crippen molar-refractivity contribution in [1.82, 2.24) is 5.32 Å². The second kappa shape index (κ2) is 19.7. The number of nitrogens with zero attached hydrogens (tertiary/aromatic N) is 2. The molecule has 2 aromatic carbocycles. The summed E-state index contributed by atoms with van der Waals surface area (Å²) in [6.07, 6.45) is 13.1. The molecule has 2 aliphatic heterocycles. The van der Waals surface area contributed by atoms with E-state index in [0.29, 0.717) is 56.3 Å². The van der Waals surface area contributed by atoms with Crippen molar-refractivity contribution in [1.29, 1.82) is 0 Å². The first-order chi connectivity index (χ1) is 27.9. The Morgan fingerprint density at radius 3 is 2.20 bits per heavy atom. The van der Waals surface area contributed by atoms with Crippen LogP contribution in [0.15, 0.2) is 77.4 Å². The molecule has 2 aliphatic rings. The summed E-state index contributed by atoms with van der Waals surface area (Å²) in [6, 6.07) is 10.6. The molecule has 15 nitrogen and oxygen atoms in total. The summed E-state index contributed by atoms with van der Waals surface area (Å²) in [5.74, 6) is -1.69. The predicted octanol–water partition coefficient (Wildman–Crippen LogP) is 6.27. The average Bonchev–Trinajstić information content (AvgIpc) is 3.49. The number of nitrogens with one attached hydrogen (secondary N) is 1. The maximum atomic E-state index is 12.4. The van der Waals surface area contributed by atoms with Gasteiger partial charge in [0.2, 0.25) is 11.6 Å². The van der Waals surface area contributed by atoms with Crippen LogP contribution in [0.25, 0.3) is 0 Å². The van der Waals surface area contributed by atoms with E-state index in [0.717, 1.165) is 28.2 Å². The number of allylic oxidation sites excluding steroid dienone is 6. The lowest BCUT2D eigenvalue weighted by molar-refractivity contribution is -0.438. The van der Waals surface area contributed by atoms with Gasteiger partial charge in [0.15, 0.2) is 5.71 Å². The van der Waals surface area contributed by atoms with E-state index in [2.05, 4.69) is 35.9 Å². The molecule has 0 aromatic heterocycles. The van der Waals surface area contributed by atoms with Gasteiger partial charge in [-0.3, -0.25) is 23.2 Å². The van der Waals surface area contributed by atoms with Crippen LogP contribution in [0.1, 0.15) is 102 Å². The quantitative estimate of drug-likeness (QED) is 0.0380. The molecule has 2 heterocycles. The van der Waals surface area contributed by atoms with Crippen molar-refractivity contribution >= 4 is 59.3 Å². The monoisotopic (exact) mass is 892 g/mol. The number of carbonyl (C=O) groups is 2. The molecule has 0 spiro atoms. The highest BCUT2D eigenvalue weighted by molar-refractivity contribution is 7.86. The molecule has 18 heteroatoms. The summed E-state index contributed by atoms with van der Waals surface area (Å²) in [4.78, 5) is 25.2. The Morgan fingerprint density at radius 2 is 1.55 bits per heavy atom. The van der Waals surface area contributed by atoms with E-state index in [-0.39, 0.29) is 48.6 Å². The van der Waals surface area contributed by atoms with Gasteiger partial charge in [-0.25, -0.2) is 0 Å². The molecule has 0 saturated heterocycles. The Hall–Kier alpha value is -4.20. The van der Waals surface area contributed by atoms with E-state index in [1.54, 1.807) is 6.07 Å². The SMILES string of the molecule is Cc1ccc2c(c1)C(C)(C)C(C=CC=CC=C1N(CCCS(=O)(=O)O)c3ccc(S(=O)(=O)O)cc3C1(C)CCCCCC(=O)O)=[N+]2CCCCC(=O)NCC(C)S(=O)(=O)O. The summed E-state index contributed by atoms with van der Waals surface area (Å²) in [7, 11) is -13.1. The van der Waals surface area contributed by atoms with Gasteiger partial charge in [0.05, 0.1) is 16.1 Å². The Kier molecular flexibility index (Phi) is 15.9. The minimum atomic E-state index is -4.56. The molecule has 2 atom stereocenters. The normalized spacial score (nSPS) is 19.1. The maximum Gasteiger partial charge on any atom is 0.303 e. The standard InChI is InChI=1S/C42H57N3O12S3/c1-30-19-21-35-33(27-30)41(3,4)37(44(35)24-13-11-17-39(46)43-29-31(2)59(52,53)54)15-8-6-9-16-38-42(5,23-12-7-10-18-40(47)48)34-28-32(60(55,56)57)20-22-36(34)45(38)25-14-26-58(49,50)51/h6,8-9,15-16,19-22,27-28,31H,7,10-14,17-18,23-26,29H2,1-5H3,(H4-,43,46,47,48,49,50,51,52,53,54,55,56,57)/p+1. The molecule has 1 amide bonds. The first-order valence-electron chi connectivity index (χ1n) is 20.0. The largest absolute Gasteiger partial charge is 0.481 e. The molecule has 0 saturated carbocycles. The zero-order chi connectivity index (χ0) is 44.7. The summed E-state index contributed by atoms with van der Waals surface area (Å²) in [5.41, 5.74) is 5.10. The van der Waals surface area contributed by atoms with Gasteiger partial charge in [-0.15, -0.1) is 0 Å². The van der Waals surface area contributed by atoms with Crippen molar-refractivity contribution in [3.63, 3.8) is 0 Å². The fourth-order valence-electron chi connectivity index (χ4n) is 7.93. The number of hydrogen-bond acceptors (Lipinski definition) is 9. The van der Waals surface area contributed by atoms with E-state index in [1.165, 1.54) is 19.1 Å². The highest BCUT2D eigenvalue weighted by Gasteiger charge is 2.45. The second-order valence-corrected chi connectivity index (χ2v) is 21.1. The average molecular weight is 893 g/mol. The lowest BCUT2D eigenvalue weighted by Crippen LogP contribution is -2.34. The molecule has 0 radical (unpaired) electrons. The Labute approximate surface area is 354 Å². The van der Waals surface area contributed by atoms with Crippen molar-refractivity contribution in [3.8, 4) is 0 Å². The molecular formula is C42H58N3O12S3+. The summed E-state index contributed by atoms with van der Waals surface area (Å²) >= 11 is 0. The molecule has 2 aromatic rings. The molecule has 5 N–H and O–H groups in total. The number of carboxylic acid groups (broad SMARTS) is 1. The molecule has 0 aliphatic carbocycles. The molecule has 60 heavy (non-hydrogen) atoms. The zero-order valence-electron chi connectivity index (χ0n) is 34.8. The number of hydrogen-bond donors (Lipinski definition) is 5. The molecule has 0 bridgehead atoms. The number of fused-ring (bicyclic) bond motifs is 2. The van der Waals surface area contributed by atoms with Gasteiger partial charge in [-0.2, -0.15) is 29.8 Å². The molecular weight excluding hydrogens is 835 g/mol. The molecule has 0 fully saturated rings. The van der Waals surface area contributed by atoms with Gasteiger partial charge in [-0.1, -0.05) is 42.7 Å². The van der Waals surface area contributed by atoms with Gasteiger partial charge in [0, 0.05) is 66.9 Å². The van der Waals surface area contributed by atoms with Crippen LogP contribution in [0.2, 0.25) is 0 Å². The van der Waals surface area contributed by atoms with Crippen molar-refractivity contribution in [2.24, 2.45) is 0 Å². The van der Waals surface area contributed by atoms with E-state index in [9.17, 15) is 48.5 Å². The van der Waals surface area contributed by atoms with Gasteiger partial charge in [0.1, 0.15) is 11.8 Å².